The second-order valence-corrected chi connectivity index (χ2v) is 10.5. The van der Waals surface area contributed by atoms with E-state index in [0.29, 0.717) is 29.8 Å². The summed E-state index contributed by atoms with van der Waals surface area (Å²) in [5.74, 6) is 1.40. The molecule has 3 heterocycles. The van der Waals surface area contributed by atoms with Crippen LogP contribution in [0.3, 0.4) is 0 Å². The topological polar surface area (TPSA) is 138 Å². The number of carbonyl (C=O) groups is 1. The Hall–Kier alpha value is -5.32. The Balaban J connectivity index is 0.00000188. The van der Waals surface area contributed by atoms with Crippen molar-refractivity contribution in [1.29, 1.82) is 0 Å². The maximum atomic E-state index is 12.1. The van der Waals surface area contributed by atoms with Gasteiger partial charge < -0.3 is 19.9 Å². The molecule has 0 spiro atoms. The first-order valence-corrected chi connectivity index (χ1v) is 14.5. The summed E-state index contributed by atoms with van der Waals surface area (Å²) in [6.07, 6.45) is 8.06. The molecule has 1 aliphatic rings. The molecule has 0 saturated carbocycles. The molecular weight excluding hydrogens is 556 g/mol. The first-order chi connectivity index (χ1) is 21.3. The van der Waals surface area contributed by atoms with E-state index in [2.05, 4.69) is 33.2 Å². The number of ether oxygens (including phenoxy) is 1. The molecule has 11 nitrogen and oxygen atoms in total. The van der Waals surface area contributed by atoms with E-state index in [0.717, 1.165) is 28.7 Å². The molecule has 0 bridgehead atoms. The van der Waals surface area contributed by atoms with Crippen molar-refractivity contribution in [2.45, 2.75) is 45.8 Å². The van der Waals surface area contributed by atoms with Crippen molar-refractivity contribution in [3.05, 3.63) is 102 Å². The Labute approximate surface area is 256 Å². The van der Waals surface area contributed by atoms with Crippen LogP contribution < -0.4 is 10.5 Å². The first-order valence-electron chi connectivity index (χ1n) is 14.5. The Kier molecular flexibility index (Phi) is 8.84. The molecule has 44 heavy (non-hydrogen) atoms. The van der Waals surface area contributed by atoms with Crippen molar-refractivity contribution in [2.75, 3.05) is 19.8 Å². The first kappa shape index (κ1) is 30.1. The molecule has 5 aromatic rings. The number of allylic oxidation sites excluding steroid dienone is 2. The minimum atomic E-state index is -0.582. The molecular formula is C33H36N8O3. The summed E-state index contributed by atoms with van der Waals surface area (Å²) < 4.78 is 13.3. The third kappa shape index (κ3) is 6.36. The lowest BCUT2D eigenvalue weighted by Crippen LogP contribution is -2.26. The fourth-order valence-electron chi connectivity index (χ4n) is 4.70. The summed E-state index contributed by atoms with van der Waals surface area (Å²) in [4.78, 5) is 26.9. The van der Waals surface area contributed by atoms with Gasteiger partial charge in [-0.1, -0.05) is 85.3 Å². The van der Waals surface area contributed by atoms with Gasteiger partial charge in [-0.05, 0) is 30.0 Å². The molecule has 1 atom stereocenters. The summed E-state index contributed by atoms with van der Waals surface area (Å²) in [6.45, 7) is 6.58. The van der Waals surface area contributed by atoms with Crippen LogP contribution in [0.1, 0.15) is 44.1 Å². The number of nitrogens with zero attached hydrogens (tertiary/aromatic N) is 7. The number of rotatable bonds is 10. The summed E-state index contributed by atoms with van der Waals surface area (Å²) in [5, 5.41) is 8.64. The van der Waals surface area contributed by atoms with Gasteiger partial charge in [0.15, 0.2) is 5.82 Å². The van der Waals surface area contributed by atoms with Gasteiger partial charge in [0.25, 0.3) is 5.89 Å². The van der Waals surface area contributed by atoms with E-state index in [4.69, 9.17) is 20.0 Å². The fourth-order valence-corrected chi connectivity index (χ4v) is 4.70. The van der Waals surface area contributed by atoms with Crippen LogP contribution in [0.25, 0.3) is 22.6 Å². The van der Waals surface area contributed by atoms with E-state index in [1.54, 1.807) is 37.4 Å². The van der Waals surface area contributed by atoms with E-state index in [-0.39, 0.29) is 18.4 Å². The van der Waals surface area contributed by atoms with Gasteiger partial charge in [0.2, 0.25) is 17.7 Å². The molecule has 0 radical (unpaired) electrons. The largest absolute Gasteiger partial charge is 0.472 e. The third-order valence-electron chi connectivity index (χ3n) is 7.36. The van der Waals surface area contributed by atoms with Crippen LogP contribution in [0.5, 0.6) is 5.88 Å². The quantitative estimate of drug-likeness (QED) is 0.214. The monoisotopic (exact) mass is 592 g/mol. The lowest BCUT2D eigenvalue weighted by atomic mass is 9.78. The van der Waals surface area contributed by atoms with Crippen molar-refractivity contribution in [3.63, 3.8) is 0 Å². The highest BCUT2D eigenvalue weighted by molar-refractivity contribution is 5.75. The number of nitrogen functional groups attached to an aromatic ring is 1. The Morgan fingerprint density at radius 2 is 1.77 bits per heavy atom. The fraction of sp³-hybridized carbons (Fsp3) is 0.273. The second kappa shape index (κ2) is 12.9. The van der Waals surface area contributed by atoms with E-state index in [1.165, 1.54) is 10.5 Å². The van der Waals surface area contributed by atoms with E-state index in [9.17, 15) is 4.79 Å². The number of likely N-dealkylation sites (N-methyl/N-ethyl adjacent to an activating group) is 1. The lowest BCUT2D eigenvalue weighted by molar-refractivity contribution is -0.129. The maximum Gasteiger partial charge on any atom is 0.261 e. The van der Waals surface area contributed by atoms with Crippen LogP contribution in [0.4, 0.5) is 5.95 Å². The summed E-state index contributed by atoms with van der Waals surface area (Å²) in [5.41, 5.74) is 10.8. The van der Waals surface area contributed by atoms with E-state index < -0.39 is 5.41 Å². The molecule has 6 rings (SSSR count). The average Bonchev–Trinajstić information content (AvgIpc) is 3.61. The minimum absolute atomic E-state index is 0.0621. The standard InChI is InChI=1S/C31H30N8O3.C2H6/c1-31(24-13-14-24,29-35-27(42-37-29)22-15-34-39(17-22)18-26(40)38(2)3)23-11-9-21(10-12-23)25-16-33-30(32)36-28(25)41-19-20-7-5-4-6-8-20;1-2/h4-13,15-17H,14,18-19H2,1-3H3,(H2,32,33,36);1-2H3. The van der Waals surface area contributed by atoms with Crippen LogP contribution in [-0.4, -0.2) is 54.8 Å². The zero-order valence-corrected chi connectivity index (χ0v) is 25.6. The predicted octanol–water partition coefficient (Wildman–Crippen LogP) is 5.30. The van der Waals surface area contributed by atoms with Crippen molar-refractivity contribution >= 4 is 11.9 Å². The Morgan fingerprint density at radius 1 is 1.05 bits per heavy atom. The molecule has 1 unspecified atom stereocenters. The highest BCUT2D eigenvalue weighted by Gasteiger charge is 2.41. The molecule has 1 aliphatic carbocycles. The van der Waals surface area contributed by atoms with Gasteiger partial charge in [-0.15, -0.1) is 0 Å². The molecule has 2 N–H and O–H groups in total. The maximum absolute atomic E-state index is 12.1. The normalized spacial score (nSPS) is 13.2. The van der Waals surface area contributed by atoms with Crippen LogP contribution in [0.2, 0.25) is 0 Å². The smallest absolute Gasteiger partial charge is 0.261 e. The number of amides is 1. The van der Waals surface area contributed by atoms with Crippen molar-refractivity contribution in [2.24, 2.45) is 0 Å². The molecule has 0 fully saturated rings. The lowest BCUT2D eigenvalue weighted by Gasteiger charge is -2.25. The Bertz CT molecular complexity index is 1760. The van der Waals surface area contributed by atoms with Gasteiger partial charge in [0, 0.05) is 26.5 Å². The highest BCUT2D eigenvalue weighted by Crippen LogP contribution is 2.46. The van der Waals surface area contributed by atoms with Gasteiger partial charge in [0.05, 0.1) is 22.7 Å². The SMILES string of the molecule is CC.CN(C)C(=O)Cn1cc(-c2nc(C(C)(C3=CC3)c3ccc(-c4cnc(N)nc4OCc4ccccc4)cc3)no2)cn1. The Morgan fingerprint density at radius 3 is 2.45 bits per heavy atom. The molecule has 2 aromatic carbocycles. The number of carbonyl (C=O) groups excluding carboxylic acids is 1. The minimum Gasteiger partial charge on any atom is -0.472 e. The van der Waals surface area contributed by atoms with Gasteiger partial charge in [-0.25, -0.2) is 4.98 Å². The van der Waals surface area contributed by atoms with Crippen LogP contribution in [-0.2, 0) is 23.4 Å². The molecule has 0 saturated heterocycles. The van der Waals surface area contributed by atoms with Gasteiger partial charge in [-0.3, -0.25) is 9.48 Å². The van der Waals surface area contributed by atoms with Gasteiger partial charge in [0.1, 0.15) is 13.2 Å². The number of anilines is 1. The summed E-state index contributed by atoms with van der Waals surface area (Å²) in [7, 11) is 3.42. The molecule has 1 amide bonds. The second-order valence-electron chi connectivity index (χ2n) is 10.5. The number of hydrogen-bond acceptors (Lipinski definition) is 9. The van der Waals surface area contributed by atoms with E-state index in [1.807, 2.05) is 68.4 Å². The van der Waals surface area contributed by atoms with Crippen LogP contribution in [0, 0.1) is 0 Å². The predicted molar refractivity (Wildman–Crippen MR) is 167 cm³/mol. The molecule has 3 aromatic heterocycles. The summed E-state index contributed by atoms with van der Waals surface area (Å²) >= 11 is 0. The number of nitrogens with two attached hydrogens (primary N) is 1. The van der Waals surface area contributed by atoms with Crippen LogP contribution in [0.15, 0.2) is 89.4 Å². The highest BCUT2D eigenvalue weighted by atomic mass is 16.5. The zero-order valence-electron chi connectivity index (χ0n) is 25.6. The van der Waals surface area contributed by atoms with Crippen molar-refractivity contribution in [3.8, 4) is 28.5 Å². The average molecular weight is 593 g/mol. The van der Waals surface area contributed by atoms with E-state index >= 15 is 0 Å². The van der Waals surface area contributed by atoms with Gasteiger partial charge >= 0.3 is 0 Å². The number of benzene rings is 2. The molecule has 11 heteroatoms. The van der Waals surface area contributed by atoms with Gasteiger partial charge in [-0.2, -0.15) is 15.1 Å². The zero-order chi connectivity index (χ0) is 31.3. The number of aromatic nitrogens is 6. The third-order valence-corrected chi connectivity index (χ3v) is 7.36. The molecule has 226 valence electrons. The van der Waals surface area contributed by atoms with Crippen molar-refractivity contribution < 1.29 is 14.1 Å². The summed E-state index contributed by atoms with van der Waals surface area (Å²) in [6, 6.07) is 18.0. The van der Waals surface area contributed by atoms with Crippen LogP contribution >= 0.6 is 0 Å². The van der Waals surface area contributed by atoms with Crippen molar-refractivity contribution in [1.82, 2.24) is 34.8 Å². The molecule has 0 aliphatic heterocycles. The number of hydrogen-bond donors (Lipinski definition) is 1.